The van der Waals surface area contributed by atoms with Crippen molar-refractivity contribution in [3.63, 3.8) is 0 Å². The molecule has 0 radical (unpaired) electrons. The average molecular weight is 234 g/mol. The van der Waals surface area contributed by atoms with Crippen molar-refractivity contribution >= 4 is 17.3 Å². The number of rotatable bonds is 2. The second kappa shape index (κ2) is 5.19. The van der Waals surface area contributed by atoms with Crippen molar-refractivity contribution in [3.8, 4) is 0 Å². The number of carbonyl (C=O) groups excluding carboxylic acids is 1. The van der Waals surface area contributed by atoms with E-state index in [1.807, 2.05) is 25.1 Å². The summed E-state index contributed by atoms with van der Waals surface area (Å²) in [7, 11) is 0. The maximum absolute atomic E-state index is 12.0. The second-order valence-electron chi connectivity index (χ2n) is 4.42. The summed E-state index contributed by atoms with van der Waals surface area (Å²) in [6.07, 6.45) is 1.85. The summed E-state index contributed by atoms with van der Waals surface area (Å²) in [5.74, 6) is -0.0111. The van der Waals surface area contributed by atoms with Crippen LogP contribution in [0.1, 0.15) is 18.4 Å². The monoisotopic (exact) mass is 234 g/mol. The van der Waals surface area contributed by atoms with E-state index in [1.165, 1.54) is 0 Å². The Morgan fingerprint density at radius 1 is 1.53 bits per heavy atom. The third kappa shape index (κ3) is 2.77. The zero-order valence-electron chi connectivity index (χ0n) is 10.0. The Labute approximate surface area is 101 Å². The predicted octanol–water partition coefficient (Wildman–Crippen LogP) is 1.94. The Morgan fingerprint density at radius 2 is 2.35 bits per heavy atom. The van der Waals surface area contributed by atoms with Crippen molar-refractivity contribution in [2.24, 2.45) is 5.92 Å². The molecule has 1 unspecified atom stereocenters. The largest absolute Gasteiger partial charge is 0.398 e. The minimum Gasteiger partial charge on any atom is -0.398 e. The van der Waals surface area contributed by atoms with E-state index in [1.54, 1.807) is 0 Å². The molecule has 1 atom stereocenters. The highest BCUT2D eigenvalue weighted by atomic mass is 16.5. The highest BCUT2D eigenvalue weighted by Gasteiger charge is 2.22. The number of amides is 1. The smallest absolute Gasteiger partial charge is 0.229 e. The zero-order valence-corrected chi connectivity index (χ0v) is 10.0. The lowest BCUT2D eigenvalue weighted by atomic mass is 10.0. The summed E-state index contributed by atoms with van der Waals surface area (Å²) in [6.45, 7) is 3.19. The first-order chi connectivity index (χ1) is 8.18. The molecule has 4 heteroatoms. The number of hydrogen-bond acceptors (Lipinski definition) is 3. The Hall–Kier alpha value is -1.55. The van der Waals surface area contributed by atoms with Gasteiger partial charge in [0.2, 0.25) is 5.91 Å². The van der Waals surface area contributed by atoms with Crippen LogP contribution in [0.4, 0.5) is 11.4 Å². The van der Waals surface area contributed by atoms with Gasteiger partial charge in [-0.1, -0.05) is 6.07 Å². The third-order valence-electron chi connectivity index (χ3n) is 3.16. The molecule has 1 fully saturated rings. The number of hydrogen-bond donors (Lipinski definition) is 2. The number of nitrogen functional groups attached to an aromatic ring is 1. The standard InChI is InChI=1S/C13H18N2O2/c1-9-11(14)5-2-6-12(9)15-13(16)10-4-3-7-17-8-10/h2,5-6,10H,3-4,7-8,14H2,1H3,(H,15,16). The molecule has 1 aliphatic heterocycles. The first-order valence-corrected chi connectivity index (χ1v) is 5.92. The quantitative estimate of drug-likeness (QED) is 0.769. The van der Waals surface area contributed by atoms with E-state index >= 15 is 0 Å². The van der Waals surface area contributed by atoms with Crippen molar-refractivity contribution in [2.45, 2.75) is 19.8 Å². The van der Waals surface area contributed by atoms with Crippen molar-refractivity contribution in [1.82, 2.24) is 0 Å². The van der Waals surface area contributed by atoms with Gasteiger partial charge in [-0.3, -0.25) is 4.79 Å². The van der Waals surface area contributed by atoms with Gasteiger partial charge in [-0.2, -0.15) is 0 Å². The zero-order chi connectivity index (χ0) is 12.3. The minimum absolute atomic E-state index is 0.0263. The highest BCUT2D eigenvalue weighted by molar-refractivity contribution is 5.94. The number of nitrogens with one attached hydrogen (secondary N) is 1. The van der Waals surface area contributed by atoms with E-state index in [0.29, 0.717) is 12.3 Å². The fourth-order valence-electron chi connectivity index (χ4n) is 1.97. The molecule has 0 aliphatic carbocycles. The molecule has 3 N–H and O–H groups in total. The molecule has 0 bridgehead atoms. The lowest BCUT2D eigenvalue weighted by molar-refractivity contribution is -0.123. The van der Waals surface area contributed by atoms with Crippen LogP contribution in [-0.2, 0) is 9.53 Å². The number of carbonyl (C=O) groups is 1. The van der Waals surface area contributed by atoms with Crippen LogP contribution in [0.5, 0.6) is 0 Å². The lowest BCUT2D eigenvalue weighted by Crippen LogP contribution is -2.30. The summed E-state index contributed by atoms with van der Waals surface area (Å²) in [5.41, 5.74) is 8.20. The summed E-state index contributed by atoms with van der Waals surface area (Å²) < 4.78 is 5.31. The molecule has 1 heterocycles. The highest BCUT2D eigenvalue weighted by Crippen LogP contribution is 2.22. The van der Waals surface area contributed by atoms with Gasteiger partial charge in [-0.15, -0.1) is 0 Å². The summed E-state index contributed by atoms with van der Waals surface area (Å²) in [6, 6.07) is 5.54. The number of benzene rings is 1. The molecule has 17 heavy (non-hydrogen) atoms. The van der Waals surface area contributed by atoms with E-state index < -0.39 is 0 Å². The van der Waals surface area contributed by atoms with Crippen LogP contribution >= 0.6 is 0 Å². The molecule has 4 nitrogen and oxygen atoms in total. The maximum atomic E-state index is 12.0. The van der Waals surface area contributed by atoms with E-state index in [-0.39, 0.29) is 11.8 Å². The SMILES string of the molecule is Cc1c(N)cccc1NC(=O)C1CCCOC1. The molecule has 2 rings (SSSR count). The van der Waals surface area contributed by atoms with Crippen molar-refractivity contribution in [2.75, 3.05) is 24.3 Å². The van der Waals surface area contributed by atoms with Crippen molar-refractivity contribution < 1.29 is 9.53 Å². The Bertz CT molecular complexity index is 412. The van der Waals surface area contributed by atoms with Crippen LogP contribution in [0.25, 0.3) is 0 Å². The van der Waals surface area contributed by atoms with Crippen LogP contribution in [0.2, 0.25) is 0 Å². The van der Waals surface area contributed by atoms with Gasteiger partial charge in [0.1, 0.15) is 0 Å². The van der Waals surface area contributed by atoms with Gasteiger partial charge < -0.3 is 15.8 Å². The van der Waals surface area contributed by atoms with Gasteiger partial charge in [0.25, 0.3) is 0 Å². The second-order valence-corrected chi connectivity index (χ2v) is 4.42. The van der Waals surface area contributed by atoms with Crippen LogP contribution < -0.4 is 11.1 Å². The lowest BCUT2D eigenvalue weighted by Gasteiger charge is -2.21. The van der Waals surface area contributed by atoms with Crippen LogP contribution in [-0.4, -0.2) is 19.1 Å². The number of ether oxygens (including phenoxy) is 1. The van der Waals surface area contributed by atoms with Gasteiger partial charge in [0, 0.05) is 18.0 Å². The third-order valence-corrected chi connectivity index (χ3v) is 3.16. The van der Waals surface area contributed by atoms with Gasteiger partial charge >= 0.3 is 0 Å². The number of nitrogens with two attached hydrogens (primary N) is 1. The molecule has 1 aromatic carbocycles. The van der Waals surface area contributed by atoms with Gasteiger partial charge in [-0.05, 0) is 37.5 Å². The van der Waals surface area contributed by atoms with Gasteiger partial charge in [-0.25, -0.2) is 0 Å². The molecular weight excluding hydrogens is 216 g/mol. The first kappa shape index (κ1) is 11.9. The molecule has 0 aromatic heterocycles. The Kier molecular flexibility index (Phi) is 3.64. The molecule has 1 saturated heterocycles. The fraction of sp³-hybridized carbons (Fsp3) is 0.462. The normalized spacial score (nSPS) is 19.9. The van der Waals surface area contributed by atoms with Crippen molar-refractivity contribution in [3.05, 3.63) is 23.8 Å². The Morgan fingerprint density at radius 3 is 3.06 bits per heavy atom. The topological polar surface area (TPSA) is 64.3 Å². The molecule has 0 spiro atoms. The van der Waals surface area contributed by atoms with Crippen LogP contribution in [0, 0.1) is 12.8 Å². The predicted molar refractivity (Wildman–Crippen MR) is 67.8 cm³/mol. The molecule has 0 saturated carbocycles. The van der Waals surface area contributed by atoms with E-state index in [0.717, 1.165) is 30.7 Å². The van der Waals surface area contributed by atoms with E-state index in [4.69, 9.17) is 10.5 Å². The first-order valence-electron chi connectivity index (χ1n) is 5.92. The van der Waals surface area contributed by atoms with Crippen LogP contribution in [0.15, 0.2) is 18.2 Å². The van der Waals surface area contributed by atoms with E-state index in [9.17, 15) is 4.79 Å². The molecule has 1 aromatic rings. The maximum Gasteiger partial charge on any atom is 0.229 e. The summed E-state index contributed by atoms with van der Waals surface area (Å²) in [5, 5.41) is 2.92. The Balaban J connectivity index is 2.04. The minimum atomic E-state index is -0.0374. The van der Waals surface area contributed by atoms with Gasteiger partial charge in [0.15, 0.2) is 0 Å². The van der Waals surface area contributed by atoms with Crippen molar-refractivity contribution in [1.29, 1.82) is 0 Å². The van der Waals surface area contributed by atoms with Gasteiger partial charge in [0.05, 0.1) is 12.5 Å². The molecular formula is C13H18N2O2. The summed E-state index contributed by atoms with van der Waals surface area (Å²) in [4.78, 5) is 12.0. The van der Waals surface area contributed by atoms with Crippen LogP contribution in [0.3, 0.4) is 0 Å². The number of anilines is 2. The molecule has 92 valence electrons. The molecule has 1 amide bonds. The summed E-state index contributed by atoms with van der Waals surface area (Å²) >= 11 is 0. The average Bonchev–Trinajstić information content (AvgIpc) is 2.36. The van der Waals surface area contributed by atoms with E-state index in [2.05, 4.69) is 5.32 Å². The molecule has 1 aliphatic rings. The fourth-order valence-corrected chi connectivity index (χ4v) is 1.97.